The van der Waals surface area contributed by atoms with E-state index < -0.39 is 4.92 Å². The van der Waals surface area contributed by atoms with Gasteiger partial charge in [0.25, 0.3) is 0 Å². The van der Waals surface area contributed by atoms with Gasteiger partial charge in [-0.2, -0.15) is 4.68 Å². The van der Waals surface area contributed by atoms with Crippen molar-refractivity contribution in [3.8, 4) is 0 Å². The van der Waals surface area contributed by atoms with Gasteiger partial charge >= 0.3 is 5.82 Å². The monoisotopic (exact) mass is 294 g/mol. The first kappa shape index (κ1) is 14.0. The molecule has 1 aromatic carbocycles. The number of nitro groups is 1. The summed E-state index contributed by atoms with van der Waals surface area (Å²) in [6.07, 6.45) is 1.38. The summed E-state index contributed by atoms with van der Waals surface area (Å²) in [7, 11) is 0. The minimum Gasteiger partial charge on any atom is -0.358 e. The van der Waals surface area contributed by atoms with Crippen LogP contribution in [0.1, 0.15) is 5.56 Å². The molecule has 0 aliphatic rings. The average Bonchev–Trinajstić information content (AvgIpc) is 2.82. The second-order valence-electron chi connectivity index (χ2n) is 4.14. The molecule has 0 saturated carbocycles. The van der Waals surface area contributed by atoms with E-state index in [2.05, 4.69) is 10.4 Å². The Morgan fingerprint density at radius 3 is 2.90 bits per heavy atom. The first-order valence-electron chi connectivity index (χ1n) is 5.69. The van der Waals surface area contributed by atoms with Gasteiger partial charge in [-0.25, -0.2) is 0 Å². The fourth-order valence-corrected chi connectivity index (χ4v) is 1.77. The minimum atomic E-state index is -0.616. The number of aryl methyl sites for hydroxylation is 1. The Morgan fingerprint density at radius 1 is 1.50 bits per heavy atom. The molecule has 0 spiro atoms. The zero-order valence-electron chi connectivity index (χ0n) is 10.5. The van der Waals surface area contributed by atoms with Crippen molar-refractivity contribution in [2.75, 3.05) is 5.32 Å². The first-order chi connectivity index (χ1) is 9.45. The molecule has 7 nitrogen and oxygen atoms in total. The summed E-state index contributed by atoms with van der Waals surface area (Å²) in [5.74, 6) is -0.634. The molecule has 1 amide bonds. The third kappa shape index (κ3) is 3.33. The Morgan fingerprint density at radius 2 is 2.25 bits per heavy atom. The number of hydrogen-bond donors (Lipinski definition) is 1. The predicted molar refractivity (Wildman–Crippen MR) is 73.7 cm³/mol. The van der Waals surface area contributed by atoms with Crippen LogP contribution in [0, 0.1) is 17.0 Å². The molecule has 20 heavy (non-hydrogen) atoms. The van der Waals surface area contributed by atoms with Crippen molar-refractivity contribution >= 4 is 29.0 Å². The van der Waals surface area contributed by atoms with Gasteiger partial charge in [-0.15, -0.1) is 0 Å². The van der Waals surface area contributed by atoms with E-state index in [0.29, 0.717) is 10.7 Å². The van der Waals surface area contributed by atoms with Crippen LogP contribution in [0.5, 0.6) is 0 Å². The maximum Gasteiger partial charge on any atom is 0.389 e. The fraction of sp³-hybridized carbons (Fsp3) is 0.167. The number of nitrogens with zero attached hydrogens (tertiary/aromatic N) is 3. The molecule has 104 valence electrons. The molecule has 0 bridgehead atoms. The van der Waals surface area contributed by atoms with Crippen LogP contribution in [-0.4, -0.2) is 20.6 Å². The van der Waals surface area contributed by atoms with Gasteiger partial charge in [0.05, 0.1) is 17.4 Å². The van der Waals surface area contributed by atoms with Crippen molar-refractivity contribution in [3.05, 3.63) is 51.2 Å². The Hall–Kier alpha value is -2.41. The van der Waals surface area contributed by atoms with E-state index in [9.17, 15) is 14.9 Å². The van der Waals surface area contributed by atoms with Crippen molar-refractivity contribution in [1.82, 2.24) is 9.78 Å². The van der Waals surface area contributed by atoms with Crippen LogP contribution < -0.4 is 5.32 Å². The van der Waals surface area contributed by atoms with Gasteiger partial charge in [-0.05, 0) is 29.5 Å². The number of rotatable bonds is 4. The van der Waals surface area contributed by atoms with Crippen molar-refractivity contribution in [1.29, 1.82) is 0 Å². The number of hydrogen-bond acceptors (Lipinski definition) is 4. The highest BCUT2D eigenvalue weighted by Gasteiger charge is 2.14. The number of carbonyl (C=O) groups excluding carboxylic acids is 1. The van der Waals surface area contributed by atoms with Gasteiger partial charge in [0, 0.05) is 10.7 Å². The summed E-state index contributed by atoms with van der Waals surface area (Å²) in [6, 6.07) is 6.39. The molecule has 2 aromatic rings. The molecular weight excluding hydrogens is 284 g/mol. The van der Waals surface area contributed by atoms with Crippen LogP contribution in [-0.2, 0) is 11.3 Å². The molecule has 0 aliphatic heterocycles. The molecule has 8 heteroatoms. The first-order valence-corrected chi connectivity index (χ1v) is 6.07. The highest BCUT2D eigenvalue weighted by atomic mass is 35.5. The van der Waals surface area contributed by atoms with Gasteiger partial charge in [0.2, 0.25) is 5.91 Å². The SMILES string of the molecule is Cc1ccc(Cl)cc1NC(=O)Cn1ccc([N+](=O)[O-])n1. The second kappa shape index (κ2) is 5.70. The standard InChI is InChI=1S/C12H11ClN4O3/c1-8-2-3-9(13)6-10(8)14-12(18)7-16-5-4-11(15-16)17(19)20/h2-6H,7H2,1H3,(H,14,18). The summed E-state index contributed by atoms with van der Waals surface area (Å²) in [5, 5.41) is 17.3. The fourth-order valence-electron chi connectivity index (χ4n) is 1.60. The number of aromatic nitrogens is 2. The number of nitrogens with one attached hydrogen (secondary N) is 1. The summed E-state index contributed by atoms with van der Waals surface area (Å²) in [6.45, 7) is 1.73. The number of anilines is 1. The molecule has 1 N–H and O–H groups in total. The summed E-state index contributed by atoms with van der Waals surface area (Å²) < 4.78 is 1.20. The van der Waals surface area contributed by atoms with Gasteiger partial charge in [-0.3, -0.25) is 4.79 Å². The number of amides is 1. The average molecular weight is 295 g/mol. The lowest BCUT2D eigenvalue weighted by molar-refractivity contribution is -0.389. The highest BCUT2D eigenvalue weighted by molar-refractivity contribution is 6.31. The van der Waals surface area contributed by atoms with Crippen molar-refractivity contribution in [3.63, 3.8) is 0 Å². The highest BCUT2D eigenvalue weighted by Crippen LogP contribution is 2.20. The quantitative estimate of drug-likeness (QED) is 0.692. The smallest absolute Gasteiger partial charge is 0.358 e. The van der Waals surface area contributed by atoms with Crippen molar-refractivity contribution < 1.29 is 9.72 Å². The van der Waals surface area contributed by atoms with Crippen molar-refractivity contribution in [2.24, 2.45) is 0 Å². The second-order valence-corrected chi connectivity index (χ2v) is 4.57. The molecule has 2 rings (SSSR count). The van der Waals surface area contributed by atoms with Gasteiger partial charge < -0.3 is 15.4 Å². The van der Waals surface area contributed by atoms with E-state index in [1.54, 1.807) is 18.2 Å². The molecule has 0 unspecified atom stereocenters. The van der Waals surface area contributed by atoms with Crippen LogP contribution in [0.3, 0.4) is 0 Å². The Labute approximate surface area is 119 Å². The molecule has 0 atom stereocenters. The molecule has 1 heterocycles. The topological polar surface area (TPSA) is 90.1 Å². The third-order valence-electron chi connectivity index (χ3n) is 2.59. The lowest BCUT2D eigenvalue weighted by atomic mass is 10.2. The Bertz CT molecular complexity index is 668. The number of halogens is 1. The van der Waals surface area contributed by atoms with Crippen LogP contribution in [0.15, 0.2) is 30.5 Å². The van der Waals surface area contributed by atoms with E-state index in [-0.39, 0.29) is 18.3 Å². The summed E-state index contributed by atoms with van der Waals surface area (Å²) in [4.78, 5) is 21.7. The Balaban J connectivity index is 2.05. The molecule has 0 radical (unpaired) electrons. The zero-order valence-corrected chi connectivity index (χ0v) is 11.3. The normalized spacial score (nSPS) is 10.3. The number of carbonyl (C=O) groups is 1. The van der Waals surface area contributed by atoms with Gasteiger partial charge in [0.1, 0.15) is 6.54 Å². The van der Waals surface area contributed by atoms with Gasteiger partial charge in [0.15, 0.2) is 0 Å². The van der Waals surface area contributed by atoms with E-state index in [4.69, 9.17) is 11.6 Å². The van der Waals surface area contributed by atoms with Crippen LogP contribution in [0.25, 0.3) is 0 Å². The van der Waals surface area contributed by atoms with E-state index in [0.717, 1.165) is 5.56 Å². The molecular formula is C12H11ClN4O3. The molecule has 0 fully saturated rings. The molecule has 0 aliphatic carbocycles. The Kier molecular flexibility index (Phi) is 3.99. The third-order valence-corrected chi connectivity index (χ3v) is 2.83. The van der Waals surface area contributed by atoms with Crippen LogP contribution in [0.2, 0.25) is 5.02 Å². The lowest BCUT2D eigenvalue weighted by Gasteiger charge is -2.07. The van der Waals surface area contributed by atoms with Crippen LogP contribution in [0.4, 0.5) is 11.5 Å². The largest absolute Gasteiger partial charge is 0.389 e. The minimum absolute atomic E-state index is 0.111. The van der Waals surface area contributed by atoms with Crippen LogP contribution >= 0.6 is 11.6 Å². The number of benzene rings is 1. The maximum atomic E-state index is 11.8. The predicted octanol–water partition coefficient (Wildman–Crippen LogP) is 2.39. The van der Waals surface area contributed by atoms with E-state index >= 15 is 0 Å². The zero-order chi connectivity index (χ0) is 14.7. The summed E-state index contributed by atoms with van der Waals surface area (Å²) in [5.41, 5.74) is 1.47. The van der Waals surface area contributed by atoms with E-state index in [1.807, 2.05) is 6.92 Å². The lowest BCUT2D eigenvalue weighted by Crippen LogP contribution is -2.19. The molecule has 0 saturated heterocycles. The summed E-state index contributed by atoms with van der Waals surface area (Å²) >= 11 is 5.85. The van der Waals surface area contributed by atoms with Crippen molar-refractivity contribution in [2.45, 2.75) is 13.5 Å². The molecule has 1 aromatic heterocycles. The van der Waals surface area contributed by atoms with E-state index in [1.165, 1.54) is 16.9 Å². The maximum absolute atomic E-state index is 11.8. The van der Waals surface area contributed by atoms with Gasteiger partial charge in [-0.1, -0.05) is 17.7 Å².